The third kappa shape index (κ3) is 3.85. The molecule has 3 aromatic rings. The van der Waals surface area contributed by atoms with Gasteiger partial charge in [0.15, 0.2) is 5.60 Å². The minimum Gasteiger partial charge on any atom is -0.456 e. The first kappa shape index (κ1) is 25.4. The molecule has 0 saturated carbocycles. The van der Waals surface area contributed by atoms with E-state index in [9.17, 15) is 4.79 Å². The van der Waals surface area contributed by atoms with Crippen molar-refractivity contribution < 1.29 is 72.5 Å². The van der Waals surface area contributed by atoms with Gasteiger partial charge in [-0.25, -0.2) is 0 Å². The van der Waals surface area contributed by atoms with Crippen molar-refractivity contribution in [3.63, 3.8) is 0 Å². The molecule has 3 aromatic carbocycles. The molecule has 0 radical (unpaired) electrons. The molecule has 5 nitrogen and oxygen atoms in total. The number of hydrogen-bond acceptors (Lipinski definition) is 5. The standard InChI is InChI=1S/C28H29N2O3.Rb/c1-5-29(6-2)19-13-15-23-25(17-19)32-26-18-20(30(7-3)8-4)14-16-24(26)28(23)22-12-10-9-11-21(22)27(31)33-28;/h10-18H,5-8H2,1-4H3;/q-1;+1. The number of rotatable bonds is 6. The molecule has 0 N–H and O–H groups in total. The fraction of sp³-hybridized carbons (Fsp3) is 0.321. The molecular weight excluding hydrogens is 498 g/mol. The van der Waals surface area contributed by atoms with Crippen LogP contribution in [0.25, 0.3) is 0 Å². The van der Waals surface area contributed by atoms with E-state index in [4.69, 9.17) is 9.47 Å². The zero-order valence-corrected chi connectivity index (χ0v) is 25.6. The molecule has 2 aliphatic rings. The van der Waals surface area contributed by atoms with Gasteiger partial charge in [-0.1, -0.05) is 5.56 Å². The number of anilines is 2. The van der Waals surface area contributed by atoms with Gasteiger partial charge >= 0.3 is 58.2 Å². The van der Waals surface area contributed by atoms with Crippen LogP contribution in [-0.2, 0) is 10.3 Å². The van der Waals surface area contributed by atoms with Crippen LogP contribution in [0.5, 0.6) is 11.5 Å². The topological polar surface area (TPSA) is 42.0 Å². The minimum atomic E-state index is -1.03. The molecule has 0 unspecified atom stereocenters. The van der Waals surface area contributed by atoms with E-state index < -0.39 is 5.60 Å². The molecule has 2 heterocycles. The van der Waals surface area contributed by atoms with Crippen molar-refractivity contribution in [2.24, 2.45) is 0 Å². The summed E-state index contributed by atoms with van der Waals surface area (Å²) in [4.78, 5) is 17.6. The summed E-state index contributed by atoms with van der Waals surface area (Å²) >= 11 is 0. The van der Waals surface area contributed by atoms with Crippen LogP contribution in [0, 0.1) is 6.07 Å². The number of carbonyl (C=O) groups excluding carboxylic acids is 1. The van der Waals surface area contributed by atoms with Crippen LogP contribution < -0.4 is 72.7 Å². The van der Waals surface area contributed by atoms with Crippen molar-refractivity contribution in [3.8, 4) is 11.5 Å². The monoisotopic (exact) mass is 526 g/mol. The Labute approximate surface area is 250 Å². The quantitative estimate of drug-likeness (QED) is 0.365. The maximum Gasteiger partial charge on any atom is 1.00 e. The number of fused-ring (bicyclic) bond motifs is 6. The maximum atomic E-state index is 13.0. The summed E-state index contributed by atoms with van der Waals surface area (Å²) in [5.41, 5.74) is 4.22. The Balaban J connectivity index is 0.00000274. The molecule has 34 heavy (non-hydrogen) atoms. The molecule has 170 valence electrons. The molecule has 5 rings (SSSR count). The van der Waals surface area contributed by atoms with Gasteiger partial charge in [0.1, 0.15) is 11.5 Å². The molecular formula is C28H29N2O3Rb. The van der Waals surface area contributed by atoms with Crippen molar-refractivity contribution in [1.29, 1.82) is 0 Å². The second-order valence-corrected chi connectivity index (χ2v) is 8.35. The summed E-state index contributed by atoms with van der Waals surface area (Å²) in [6.45, 7) is 12.2. The van der Waals surface area contributed by atoms with Crippen LogP contribution in [0.1, 0.15) is 54.7 Å². The van der Waals surface area contributed by atoms with Crippen molar-refractivity contribution in [2.75, 3.05) is 36.0 Å². The van der Waals surface area contributed by atoms with Crippen LogP contribution in [0.2, 0.25) is 0 Å². The zero-order valence-electron chi connectivity index (χ0n) is 20.6. The summed E-state index contributed by atoms with van der Waals surface area (Å²) < 4.78 is 12.8. The Morgan fingerprint density at radius 3 is 1.82 bits per heavy atom. The predicted molar refractivity (Wildman–Crippen MR) is 131 cm³/mol. The SMILES string of the molecule is CCN(CC)c1ccc2c(c1)Oc1cc(N(CC)CC)ccc1C21OC(=O)c2c[c-]ccc21.[Rb+]. The van der Waals surface area contributed by atoms with E-state index in [1.807, 2.05) is 24.3 Å². The summed E-state index contributed by atoms with van der Waals surface area (Å²) in [5, 5.41) is 0. The van der Waals surface area contributed by atoms with Gasteiger partial charge in [-0.15, -0.1) is 0 Å². The van der Waals surface area contributed by atoms with Crippen LogP contribution in [0.3, 0.4) is 0 Å². The molecule has 0 atom stereocenters. The van der Waals surface area contributed by atoms with Gasteiger partial charge in [0.25, 0.3) is 5.97 Å². The third-order valence-corrected chi connectivity index (χ3v) is 6.88. The van der Waals surface area contributed by atoms with Gasteiger partial charge in [0.05, 0.1) is 0 Å². The molecule has 6 heteroatoms. The van der Waals surface area contributed by atoms with Gasteiger partial charge in [-0.2, -0.15) is 24.3 Å². The third-order valence-electron chi connectivity index (χ3n) is 6.88. The van der Waals surface area contributed by atoms with Gasteiger partial charge in [-0.3, -0.25) is 4.79 Å². The van der Waals surface area contributed by atoms with Crippen LogP contribution in [0.4, 0.5) is 11.4 Å². The molecule has 0 fully saturated rings. The number of nitrogens with zero attached hydrogens (tertiary/aromatic N) is 2. The van der Waals surface area contributed by atoms with Gasteiger partial charge in [-0.05, 0) is 57.5 Å². The Bertz CT molecular complexity index is 1160. The van der Waals surface area contributed by atoms with Gasteiger partial charge in [0, 0.05) is 60.8 Å². The van der Waals surface area contributed by atoms with E-state index >= 15 is 0 Å². The smallest absolute Gasteiger partial charge is 0.456 e. The van der Waals surface area contributed by atoms with Crippen LogP contribution in [-0.4, -0.2) is 32.1 Å². The van der Waals surface area contributed by atoms with Crippen molar-refractivity contribution in [3.05, 3.63) is 82.9 Å². The summed E-state index contributed by atoms with van der Waals surface area (Å²) in [7, 11) is 0. The molecule has 0 bridgehead atoms. The largest absolute Gasteiger partial charge is 1.00 e. The van der Waals surface area contributed by atoms with Crippen LogP contribution >= 0.6 is 0 Å². The second-order valence-electron chi connectivity index (χ2n) is 8.35. The summed E-state index contributed by atoms with van der Waals surface area (Å²) in [6.07, 6.45) is 0. The zero-order chi connectivity index (χ0) is 23.2. The van der Waals surface area contributed by atoms with E-state index in [0.29, 0.717) is 5.56 Å². The molecule has 1 spiro atoms. The molecule has 0 aliphatic carbocycles. The van der Waals surface area contributed by atoms with Gasteiger partial charge < -0.3 is 19.3 Å². The molecule has 0 saturated heterocycles. The Kier molecular flexibility index (Phi) is 7.58. The number of ether oxygens (including phenoxy) is 2. The van der Waals surface area contributed by atoms with E-state index in [1.54, 1.807) is 6.07 Å². The van der Waals surface area contributed by atoms with Crippen molar-refractivity contribution in [2.45, 2.75) is 33.3 Å². The van der Waals surface area contributed by atoms with E-state index in [1.165, 1.54) is 0 Å². The maximum absolute atomic E-state index is 13.0. The summed E-state index contributed by atoms with van der Waals surface area (Å²) in [6, 6.07) is 20.9. The first-order valence-corrected chi connectivity index (χ1v) is 11.8. The van der Waals surface area contributed by atoms with E-state index in [2.05, 4.69) is 67.8 Å². The fourth-order valence-corrected chi connectivity index (χ4v) is 5.16. The van der Waals surface area contributed by atoms with Gasteiger partial charge in [0.2, 0.25) is 0 Å². The Hall–Kier alpha value is -1.66. The average molecular weight is 527 g/mol. The van der Waals surface area contributed by atoms with E-state index in [0.717, 1.165) is 65.7 Å². The molecule has 0 aromatic heterocycles. The predicted octanol–water partition coefficient (Wildman–Crippen LogP) is 2.75. The fourth-order valence-electron chi connectivity index (χ4n) is 5.16. The summed E-state index contributed by atoms with van der Waals surface area (Å²) in [5.74, 6) is 1.11. The average Bonchev–Trinajstić information content (AvgIpc) is 3.13. The van der Waals surface area contributed by atoms with Crippen LogP contribution in [0.15, 0.2) is 54.6 Å². The Morgan fingerprint density at radius 1 is 0.794 bits per heavy atom. The first-order valence-electron chi connectivity index (χ1n) is 11.8. The molecule has 0 amide bonds. The number of benzene rings is 3. The normalized spacial score (nSPS) is 14.3. The second kappa shape index (κ2) is 10.1. The number of hydrogen-bond donors (Lipinski definition) is 0. The number of carbonyl (C=O) groups is 1. The van der Waals surface area contributed by atoms with Crippen molar-refractivity contribution >= 4 is 17.3 Å². The Morgan fingerprint density at radius 2 is 1.32 bits per heavy atom. The first-order chi connectivity index (χ1) is 16.1. The van der Waals surface area contributed by atoms with E-state index in [-0.39, 0.29) is 64.2 Å². The number of esters is 1. The van der Waals surface area contributed by atoms with Crippen molar-refractivity contribution in [1.82, 2.24) is 0 Å². The molecule has 2 aliphatic heterocycles. The minimum absolute atomic E-state index is 0.